The molecule has 4 rings (SSSR count). The van der Waals surface area contributed by atoms with E-state index in [4.69, 9.17) is 23.7 Å². The van der Waals surface area contributed by atoms with Gasteiger partial charge in [-0.15, -0.1) is 0 Å². The fourth-order valence-corrected chi connectivity index (χ4v) is 8.57. The van der Waals surface area contributed by atoms with Crippen LogP contribution in [0.3, 0.4) is 0 Å². The zero-order valence-corrected chi connectivity index (χ0v) is 31.5. The number of rotatable bonds is 7. The molecule has 1 amide bonds. The van der Waals surface area contributed by atoms with Crippen LogP contribution in [0.2, 0.25) is 0 Å². The zero-order valence-electron chi connectivity index (χ0n) is 31.5. The number of carbonyl (C=O) groups excluding carboxylic acids is 3. The van der Waals surface area contributed by atoms with Crippen molar-refractivity contribution in [2.75, 3.05) is 47.4 Å². The Kier molecular flexibility index (Phi) is 13.6. The molecule has 0 aliphatic carbocycles. The van der Waals surface area contributed by atoms with E-state index in [0.717, 1.165) is 32.5 Å². The summed E-state index contributed by atoms with van der Waals surface area (Å²) in [5.41, 5.74) is -2.16. The molecule has 4 heterocycles. The van der Waals surface area contributed by atoms with Crippen LogP contribution in [-0.4, -0.2) is 140 Å². The fourth-order valence-electron chi connectivity index (χ4n) is 8.57. The minimum absolute atomic E-state index is 0.0334. The largest absolute Gasteiger partial charge is 0.458 e. The Hall–Kier alpha value is -1.87. The summed E-state index contributed by atoms with van der Waals surface area (Å²) in [7, 11) is 5.49. The number of nitrogens with zero attached hydrogens (tertiary/aromatic N) is 2. The summed E-state index contributed by atoms with van der Waals surface area (Å²) >= 11 is 0. The maximum atomic E-state index is 14.3. The number of hydrogen-bond acceptors (Lipinski definition) is 12. The lowest BCUT2D eigenvalue weighted by Crippen LogP contribution is -2.60. The highest BCUT2D eigenvalue weighted by molar-refractivity contribution is 6.00. The molecule has 0 aromatic heterocycles. The fraction of sp³-hybridized carbons (Fsp3) is 0.917. The van der Waals surface area contributed by atoms with Gasteiger partial charge in [0.2, 0.25) is 0 Å². The summed E-state index contributed by atoms with van der Waals surface area (Å²) in [5, 5.41) is 18.1. The number of methoxy groups -OCH3 is 1. The number of likely N-dealkylation sites (N-methyl/N-ethyl adjacent to an activating group) is 1. The third-order valence-electron chi connectivity index (χ3n) is 11.6. The number of alkyl carbamates (subject to hydrolysis) is 1. The first-order chi connectivity index (χ1) is 23.0. The number of amides is 1. The van der Waals surface area contributed by atoms with Crippen LogP contribution >= 0.6 is 0 Å². The van der Waals surface area contributed by atoms with Gasteiger partial charge < -0.3 is 49.2 Å². The highest BCUT2D eigenvalue weighted by Crippen LogP contribution is 2.38. The van der Waals surface area contributed by atoms with Crippen LogP contribution in [0.25, 0.3) is 0 Å². The number of hydrogen-bond donors (Lipinski definition) is 3. The molecule has 49 heavy (non-hydrogen) atoms. The maximum Gasteiger partial charge on any atom is 0.408 e. The summed E-state index contributed by atoms with van der Waals surface area (Å²) in [6, 6.07) is -0.942. The summed E-state index contributed by atoms with van der Waals surface area (Å²) < 4.78 is 31.4. The van der Waals surface area contributed by atoms with Gasteiger partial charge >= 0.3 is 12.1 Å². The highest BCUT2D eigenvalue weighted by atomic mass is 16.7. The molecular weight excluding hydrogens is 632 g/mol. The molecule has 5 unspecified atom stereocenters. The van der Waals surface area contributed by atoms with Crippen LogP contribution in [0.5, 0.6) is 0 Å². The van der Waals surface area contributed by atoms with Crippen molar-refractivity contribution in [3.8, 4) is 0 Å². The van der Waals surface area contributed by atoms with Gasteiger partial charge in [0.05, 0.1) is 23.9 Å². The maximum absolute atomic E-state index is 14.3. The average Bonchev–Trinajstić information content (AvgIpc) is 3.38. The van der Waals surface area contributed by atoms with Crippen molar-refractivity contribution in [1.82, 2.24) is 20.4 Å². The monoisotopic (exact) mass is 696 g/mol. The molecule has 13 nitrogen and oxygen atoms in total. The number of likely N-dealkylation sites (tertiary alicyclic amines) is 1. The lowest BCUT2D eigenvalue weighted by Gasteiger charge is -2.47. The van der Waals surface area contributed by atoms with Gasteiger partial charge in [0, 0.05) is 31.7 Å². The van der Waals surface area contributed by atoms with Crippen molar-refractivity contribution < 1.29 is 43.2 Å². The Morgan fingerprint density at radius 2 is 1.73 bits per heavy atom. The topological polar surface area (TPSA) is 148 Å². The molecule has 13 heteroatoms. The van der Waals surface area contributed by atoms with Gasteiger partial charge in [-0.2, -0.15) is 0 Å². The smallest absolute Gasteiger partial charge is 0.408 e. The number of Topliss-reactive ketones (excluding diaryl/α,β-unsaturated/α-hetero) is 1. The van der Waals surface area contributed by atoms with Crippen molar-refractivity contribution in [3.05, 3.63) is 0 Å². The average molecular weight is 697 g/mol. The highest BCUT2D eigenvalue weighted by Gasteiger charge is 2.55. The number of piperidine rings is 1. The molecule has 3 N–H and O–H groups in total. The number of nitrogens with one attached hydrogen (secondary N) is 2. The van der Waals surface area contributed by atoms with E-state index in [0.29, 0.717) is 25.8 Å². The van der Waals surface area contributed by atoms with E-state index in [1.54, 1.807) is 27.9 Å². The normalized spacial score (nSPS) is 43.6. The first-order valence-electron chi connectivity index (χ1n) is 18.4. The van der Waals surface area contributed by atoms with E-state index >= 15 is 0 Å². The van der Waals surface area contributed by atoms with Gasteiger partial charge in [0.15, 0.2) is 17.7 Å². The first-order valence-corrected chi connectivity index (χ1v) is 18.4. The predicted octanol–water partition coefficient (Wildman–Crippen LogP) is 2.72. The van der Waals surface area contributed by atoms with Crippen molar-refractivity contribution >= 4 is 17.8 Å². The summed E-state index contributed by atoms with van der Waals surface area (Å²) in [4.78, 5) is 44.9. The molecule has 0 radical (unpaired) electrons. The van der Waals surface area contributed by atoms with Crippen LogP contribution < -0.4 is 10.6 Å². The van der Waals surface area contributed by atoms with Crippen LogP contribution in [0.1, 0.15) is 87.0 Å². The Bertz CT molecular complexity index is 1140. The first kappa shape index (κ1) is 39.9. The molecule has 4 saturated heterocycles. The lowest BCUT2D eigenvalue weighted by atomic mass is 9.78. The van der Waals surface area contributed by atoms with Crippen LogP contribution in [-0.2, 0) is 33.3 Å². The zero-order chi connectivity index (χ0) is 36.3. The van der Waals surface area contributed by atoms with Gasteiger partial charge in [-0.3, -0.25) is 9.59 Å². The number of esters is 1. The minimum atomic E-state index is -1.15. The van der Waals surface area contributed by atoms with Crippen molar-refractivity contribution in [1.29, 1.82) is 0 Å². The summed E-state index contributed by atoms with van der Waals surface area (Å²) in [5.74, 6) is -3.01. The standard InChI is InChI=1S/C36H64N4O9/c1-11-27-36(7)30(38-34(44)49-36)24(5)37-19-21(2)18-35(6,45-10)31(22(3)28(41)23(4)32(43)47-27)48-33-29(42)26(39(8)9)17-25(46-33)20-40-15-13-12-14-16-40/h21-27,29-31,33,37,42H,11-20H2,1-10H3,(H,38,44)/t21-,22+,23?,24-,25?,26?,27-,29?,30-,31-,33?,35-,36-/m1/s1. The molecular formula is C36H64N4O9. The molecule has 4 fully saturated rings. The van der Waals surface area contributed by atoms with Crippen LogP contribution in [0, 0.1) is 17.8 Å². The Morgan fingerprint density at radius 3 is 2.35 bits per heavy atom. The van der Waals surface area contributed by atoms with Crippen molar-refractivity contribution in [2.24, 2.45) is 17.8 Å². The molecule has 0 aromatic rings. The second-order valence-electron chi connectivity index (χ2n) is 15.8. The number of carbonyl (C=O) groups is 3. The minimum Gasteiger partial charge on any atom is -0.458 e. The van der Waals surface area contributed by atoms with E-state index in [1.807, 2.05) is 39.8 Å². The number of ether oxygens (including phenoxy) is 5. The van der Waals surface area contributed by atoms with E-state index in [2.05, 4.69) is 22.5 Å². The second kappa shape index (κ2) is 16.6. The Morgan fingerprint density at radius 1 is 1.06 bits per heavy atom. The molecule has 0 aromatic carbocycles. The Balaban J connectivity index is 1.67. The number of aliphatic hydroxyl groups is 1. The summed E-state index contributed by atoms with van der Waals surface area (Å²) in [6.45, 7) is 16.2. The number of fused-ring (bicyclic) bond motifs is 1. The number of ketones is 1. The van der Waals surface area contributed by atoms with E-state index in [1.165, 1.54) is 6.42 Å². The lowest BCUT2D eigenvalue weighted by molar-refractivity contribution is -0.299. The molecule has 0 saturated carbocycles. The second-order valence-corrected chi connectivity index (χ2v) is 15.8. The van der Waals surface area contributed by atoms with Crippen molar-refractivity contribution in [2.45, 2.75) is 147 Å². The van der Waals surface area contributed by atoms with Gasteiger partial charge in [0.25, 0.3) is 0 Å². The van der Waals surface area contributed by atoms with E-state index in [9.17, 15) is 19.5 Å². The number of cyclic esters (lactones) is 1. The predicted molar refractivity (Wildman–Crippen MR) is 184 cm³/mol. The SMILES string of the molecule is CC[C@H]1OC(=O)C(C)C(=O)[C@H](C)[C@@H](OC2OC(CN3CCCCC3)CC(N(C)C)C2O)[C@](C)(OC)C[C@@H](C)CN[C@H](C)[C@H]2NC(=O)O[C@@]21C. The van der Waals surface area contributed by atoms with E-state index in [-0.39, 0.29) is 29.9 Å². The van der Waals surface area contributed by atoms with Gasteiger partial charge in [0.1, 0.15) is 18.1 Å². The van der Waals surface area contributed by atoms with Crippen LogP contribution in [0.4, 0.5) is 4.79 Å². The number of aliphatic hydroxyl groups excluding tert-OH is 1. The van der Waals surface area contributed by atoms with Gasteiger partial charge in [-0.25, -0.2) is 4.79 Å². The van der Waals surface area contributed by atoms with Gasteiger partial charge in [-0.1, -0.05) is 27.2 Å². The molecule has 0 spiro atoms. The van der Waals surface area contributed by atoms with Gasteiger partial charge in [-0.05, 0) is 99.4 Å². The third-order valence-corrected chi connectivity index (χ3v) is 11.6. The quantitative estimate of drug-likeness (QED) is 0.266. The van der Waals surface area contributed by atoms with Crippen LogP contribution in [0.15, 0.2) is 0 Å². The molecule has 4 aliphatic rings. The molecule has 0 bridgehead atoms. The third kappa shape index (κ3) is 8.96. The summed E-state index contributed by atoms with van der Waals surface area (Å²) in [6.07, 6.45) is 0.670. The molecule has 13 atom stereocenters. The Labute approximate surface area is 293 Å². The molecule has 282 valence electrons. The van der Waals surface area contributed by atoms with Crippen molar-refractivity contribution in [3.63, 3.8) is 0 Å². The van der Waals surface area contributed by atoms with E-state index < -0.39 is 65.7 Å². The molecule has 4 aliphatic heterocycles.